The van der Waals surface area contributed by atoms with Crippen molar-refractivity contribution < 1.29 is 14.3 Å². The highest BCUT2D eigenvalue weighted by Crippen LogP contribution is 2.33. The average molecular weight is 318 g/mol. The van der Waals surface area contributed by atoms with Gasteiger partial charge in [-0.25, -0.2) is 0 Å². The molecule has 1 heterocycles. The van der Waals surface area contributed by atoms with Crippen molar-refractivity contribution in [1.29, 1.82) is 0 Å². The van der Waals surface area contributed by atoms with Gasteiger partial charge in [0.25, 0.3) is 0 Å². The molecule has 1 aromatic rings. The zero-order valence-electron chi connectivity index (χ0n) is 14.3. The third kappa shape index (κ3) is 4.03. The Hall–Kier alpha value is -2.04. The number of nitrogens with zero attached hydrogens (tertiary/aromatic N) is 1. The topological polar surface area (TPSA) is 58.6 Å². The number of nitrogens with one attached hydrogen (secondary N) is 1. The number of amides is 2. The first-order valence-corrected chi connectivity index (χ1v) is 8.26. The molecular weight excluding hydrogens is 292 g/mol. The van der Waals surface area contributed by atoms with Crippen LogP contribution in [-0.4, -0.2) is 31.0 Å². The Bertz CT molecular complexity index is 571. The summed E-state index contributed by atoms with van der Waals surface area (Å²) < 4.78 is 5.60. The number of carbonyl (C=O) groups excluding carboxylic acids is 2. The van der Waals surface area contributed by atoms with Gasteiger partial charge >= 0.3 is 0 Å². The van der Waals surface area contributed by atoms with Crippen molar-refractivity contribution in [3.63, 3.8) is 0 Å². The van der Waals surface area contributed by atoms with Gasteiger partial charge in [0.1, 0.15) is 5.75 Å². The van der Waals surface area contributed by atoms with Crippen LogP contribution in [0.25, 0.3) is 0 Å². The highest BCUT2D eigenvalue weighted by atomic mass is 16.5. The highest BCUT2D eigenvalue weighted by molar-refractivity contribution is 6.01. The second-order valence-electron chi connectivity index (χ2n) is 6.35. The van der Waals surface area contributed by atoms with E-state index >= 15 is 0 Å². The van der Waals surface area contributed by atoms with Gasteiger partial charge in [0.15, 0.2) is 0 Å². The fourth-order valence-electron chi connectivity index (χ4n) is 2.58. The Balaban J connectivity index is 2.10. The van der Waals surface area contributed by atoms with Crippen LogP contribution < -0.4 is 15.0 Å². The maximum Gasteiger partial charge on any atom is 0.227 e. The first-order valence-electron chi connectivity index (χ1n) is 8.26. The van der Waals surface area contributed by atoms with Crippen LogP contribution in [-0.2, 0) is 9.59 Å². The Kier molecular flexibility index (Phi) is 5.64. The molecule has 2 rings (SSSR count). The predicted molar refractivity (Wildman–Crippen MR) is 90.5 cm³/mol. The van der Waals surface area contributed by atoms with E-state index in [0.29, 0.717) is 24.8 Å². The summed E-state index contributed by atoms with van der Waals surface area (Å²) in [6, 6.07) is 7.56. The molecule has 1 saturated heterocycles. The summed E-state index contributed by atoms with van der Waals surface area (Å²) >= 11 is 0. The van der Waals surface area contributed by atoms with Gasteiger partial charge in [-0.15, -0.1) is 0 Å². The molecule has 23 heavy (non-hydrogen) atoms. The molecule has 0 saturated carbocycles. The van der Waals surface area contributed by atoms with Gasteiger partial charge in [-0.1, -0.05) is 26.0 Å². The fourth-order valence-corrected chi connectivity index (χ4v) is 2.58. The molecule has 0 bridgehead atoms. The van der Waals surface area contributed by atoms with E-state index in [1.807, 2.05) is 38.1 Å². The van der Waals surface area contributed by atoms with Crippen molar-refractivity contribution in [2.75, 3.05) is 18.1 Å². The Morgan fingerprint density at radius 1 is 1.35 bits per heavy atom. The van der Waals surface area contributed by atoms with E-state index in [-0.39, 0.29) is 30.2 Å². The van der Waals surface area contributed by atoms with Gasteiger partial charge in [-0.3, -0.25) is 9.59 Å². The lowest BCUT2D eigenvalue weighted by Crippen LogP contribution is -2.40. The van der Waals surface area contributed by atoms with Crippen LogP contribution in [0.4, 0.5) is 5.69 Å². The predicted octanol–water partition coefficient (Wildman–Crippen LogP) is 2.60. The van der Waals surface area contributed by atoms with Crippen molar-refractivity contribution in [2.45, 2.75) is 40.2 Å². The van der Waals surface area contributed by atoms with Crippen LogP contribution in [0.1, 0.15) is 34.1 Å². The van der Waals surface area contributed by atoms with Crippen LogP contribution in [0.2, 0.25) is 0 Å². The molecule has 2 atom stereocenters. The van der Waals surface area contributed by atoms with E-state index in [0.717, 1.165) is 5.69 Å². The summed E-state index contributed by atoms with van der Waals surface area (Å²) in [7, 11) is 0. The smallest absolute Gasteiger partial charge is 0.227 e. The van der Waals surface area contributed by atoms with Crippen molar-refractivity contribution in [1.82, 2.24) is 5.32 Å². The third-order valence-electron chi connectivity index (χ3n) is 4.32. The van der Waals surface area contributed by atoms with Crippen molar-refractivity contribution in [3.05, 3.63) is 24.3 Å². The van der Waals surface area contributed by atoms with E-state index in [9.17, 15) is 9.59 Å². The van der Waals surface area contributed by atoms with Crippen LogP contribution in [0.3, 0.4) is 0 Å². The van der Waals surface area contributed by atoms with Gasteiger partial charge in [0, 0.05) is 19.0 Å². The third-order valence-corrected chi connectivity index (χ3v) is 4.32. The summed E-state index contributed by atoms with van der Waals surface area (Å²) in [5.41, 5.74) is 0.742. The Morgan fingerprint density at radius 3 is 2.70 bits per heavy atom. The van der Waals surface area contributed by atoms with Crippen LogP contribution >= 0.6 is 0 Å². The molecule has 5 nitrogen and oxygen atoms in total. The quantitative estimate of drug-likeness (QED) is 0.877. The van der Waals surface area contributed by atoms with Gasteiger partial charge in [-0.05, 0) is 31.9 Å². The highest BCUT2D eigenvalue weighted by Gasteiger charge is 2.36. The molecule has 2 amide bonds. The lowest BCUT2D eigenvalue weighted by atomic mass is 10.0. The molecule has 1 aromatic carbocycles. The molecular formula is C18H26N2O3. The maximum absolute atomic E-state index is 12.4. The summed E-state index contributed by atoms with van der Waals surface area (Å²) in [4.78, 5) is 26.4. The van der Waals surface area contributed by atoms with E-state index in [1.165, 1.54) is 0 Å². The first-order chi connectivity index (χ1) is 10.9. The number of hydrogen-bond donors (Lipinski definition) is 1. The zero-order chi connectivity index (χ0) is 17.0. The SMILES string of the molecule is CCOc1ccccc1N1C[C@@H](C(=O)N[C@@H](C)C(C)C)CC1=O. The number of hydrogen-bond acceptors (Lipinski definition) is 3. The molecule has 1 aliphatic heterocycles. The minimum atomic E-state index is -0.307. The monoisotopic (exact) mass is 318 g/mol. The standard InChI is InChI=1S/C18H26N2O3/c1-5-23-16-9-7-6-8-15(16)20-11-14(10-17(20)21)18(22)19-13(4)12(2)3/h6-9,12-14H,5,10-11H2,1-4H3,(H,19,22)/t13-,14-/m0/s1. The molecule has 0 spiro atoms. The average Bonchev–Trinajstić information content (AvgIpc) is 2.90. The van der Waals surface area contributed by atoms with Crippen molar-refractivity contribution >= 4 is 17.5 Å². The molecule has 5 heteroatoms. The number of ether oxygens (including phenoxy) is 1. The fraction of sp³-hybridized carbons (Fsp3) is 0.556. The van der Waals surface area contributed by atoms with E-state index in [1.54, 1.807) is 4.90 Å². The maximum atomic E-state index is 12.4. The van der Waals surface area contributed by atoms with E-state index in [4.69, 9.17) is 4.74 Å². The molecule has 1 N–H and O–H groups in total. The largest absolute Gasteiger partial charge is 0.492 e. The van der Waals surface area contributed by atoms with Gasteiger partial charge in [0.2, 0.25) is 11.8 Å². The summed E-state index contributed by atoms with van der Waals surface area (Å²) in [6.45, 7) is 8.97. The summed E-state index contributed by atoms with van der Waals surface area (Å²) in [6.07, 6.45) is 0.247. The molecule has 0 aliphatic carbocycles. The number of para-hydroxylation sites is 2. The minimum absolute atomic E-state index is 0.0329. The first kappa shape index (κ1) is 17.3. The van der Waals surface area contributed by atoms with Gasteiger partial charge in [0.05, 0.1) is 18.2 Å². The molecule has 0 radical (unpaired) electrons. The van der Waals surface area contributed by atoms with Crippen LogP contribution in [0.5, 0.6) is 5.75 Å². The second-order valence-corrected chi connectivity index (χ2v) is 6.35. The Labute approximate surface area is 138 Å². The van der Waals surface area contributed by atoms with Crippen molar-refractivity contribution in [2.24, 2.45) is 11.8 Å². The summed E-state index contributed by atoms with van der Waals surface area (Å²) in [5.74, 6) is 0.662. The molecule has 126 valence electrons. The molecule has 0 aromatic heterocycles. The van der Waals surface area contributed by atoms with E-state index < -0.39 is 0 Å². The van der Waals surface area contributed by atoms with Gasteiger partial charge in [-0.2, -0.15) is 0 Å². The number of carbonyl (C=O) groups is 2. The van der Waals surface area contributed by atoms with Crippen LogP contribution in [0, 0.1) is 11.8 Å². The van der Waals surface area contributed by atoms with Crippen LogP contribution in [0.15, 0.2) is 24.3 Å². The van der Waals surface area contributed by atoms with E-state index in [2.05, 4.69) is 19.2 Å². The second kappa shape index (κ2) is 7.49. The Morgan fingerprint density at radius 2 is 2.04 bits per heavy atom. The van der Waals surface area contributed by atoms with Gasteiger partial charge < -0.3 is 15.0 Å². The number of rotatable bonds is 6. The number of benzene rings is 1. The lowest BCUT2D eigenvalue weighted by Gasteiger charge is -2.21. The molecule has 0 unspecified atom stereocenters. The minimum Gasteiger partial charge on any atom is -0.492 e. The zero-order valence-corrected chi connectivity index (χ0v) is 14.3. The van der Waals surface area contributed by atoms with Crippen molar-refractivity contribution in [3.8, 4) is 5.75 Å². The molecule has 1 fully saturated rings. The normalized spacial score (nSPS) is 19.1. The molecule has 1 aliphatic rings. The number of anilines is 1. The summed E-state index contributed by atoms with van der Waals surface area (Å²) in [5, 5.41) is 3.00. The lowest BCUT2D eigenvalue weighted by molar-refractivity contribution is -0.127.